The number of rotatable bonds is 28. The lowest BCUT2D eigenvalue weighted by atomic mass is 9.80. The molecule has 0 radical (unpaired) electrons. The van der Waals surface area contributed by atoms with Crippen molar-refractivity contribution in [3.05, 3.63) is 0 Å². The fourth-order valence-corrected chi connectivity index (χ4v) is 17.2. The second-order valence-corrected chi connectivity index (χ2v) is 29.6. The van der Waals surface area contributed by atoms with E-state index in [9.17, 15) is 54.6 Å². The first-order valence-corrected chi connectivity index (χ1v) is 32.9. The van der Waals surface area contributed by atoms with Gasteiger partial charge in [-0.3, -0.25) is 9.13 Å². The van der Waals surface area contributed by atoms with Crippen LogP contribution in [0.15, 0.2) is 0 Å². The summed E-state index contributed by atoms with van der Waals surface area (Å²) in [6.07, 6.45) is 11.8. The molecule has 0 aliphatic carbocycles. The third-order valence-corrected chi connectivity index (χ3v) is 21.5. The van der Waals surface area contributed by atoms with Gasteiger partial charge in [0.25, 0.3) is 0 Å². The Bertz CT molecular complexity index is 1740. The SMILES string of the molecule is CCCC1C[N+](CCCP(=O)(O)O)(CCCS(=O)(=O)[O-])CC1CCC1C[N+]2(CC[N+]3(CC2)CC(CC)C(CC)C3)CC1CCC1C[N+](CCCP(=O)(O)O)(CCCS(=O)(=O)[O-])CC1CCC. The van der Waals surface area contributed by atoms with Crippen molar-refractivity contribution < 1.29 is 72.6 Å². The third kappa shape index (κ3) is 17.0. The van der Waals surface area contributed by atoms with Crippen LogP contribution in [0.2, 0.25) is 0 Å². The minimum atomic E-state index is -4.38. The van der Waals surface area contributed by atoms with Crippen LogP contribution in [0, 0.1) is 47.3 Å². The summed E-state index contributed by atoms with van der Waals surface area (Å²) in [6.45, 7) is 24.6. The topological polar surface area (TPSA) is 229 Å². The van der Waals surface area contributed by atoms with E-state index in [1.165, 1.54) is 74.2 Å². The molecule has 10 unspecified atom stereocenters. The molecule has 66 heavy (non-hydrogen) atoms. The van der Waals surface area contributed by atoms with Crippen LogP contribution < -0.4 is 0 Å². The van der Waals surface area contributed by atoms with Crippen molar-refractivity contribution in [3.8, 4) is 0 Å². The average Bonchev–Trinajstić information content (AvgIpc) is 3.94. The first-order valence-electron chi connectivity index (χ1n) is 26.1. The molecule has 0 amide bonds. The molecule has 2 spiro atoms. The van der Waals surface area contributed by atoms with E-state index in [-0.39, 0.29) is 25.2 Å². The van der Waals surface area contributed by atoms with Crippen LogP contribution in [0.25, 0.3) is 0 Å². The molecule has 388 valence electrons. The van der Waals surface area contributed by atoms with E-state index in [1.807, 2.05) is 0 Å². The van der Waals surface area contributed by atoms with Crippen LogP contribution in [-0.4, -0.2) is 192 Å². The molecule has 0 saturated carbocycles. The maximum absolute atomic E-state index is 11.9. The predicted octanol–water partition coefficient (Wildman–Crippen LogP) is 5.24. The van der Waals surface area contributed by atoms with E-state index in [1.54, 1.807) is 0 Å². The molecular weight excluding hydrogens is 927 g/mol. The summed E-state index contributed by atoms with van der Waals surface area (Å²) in [4.78, 5) is 38.9. The van der Waals surface area contributed by atoms with E-state index < -0.39 is 46.9 Å². The molecule has 5 aliphatic heterocycles. The van der Waals surface area contributed by atoms with E-state index in [2.05, 4.69) is 27.7 Å². The Labute approximate surface area is 399 Å². The third-order valence-electron chi connectivity index (χ3n) is 18.1. The summed E-state index contributed by atoms with van der Waals surface area (Å²) in [5.41, 5.74) is 0. The van der Waals surface area contributed by atoms with Gasteiger partial charge in [-0.25, -0.2) is 16.8 Å². The molecule has 5 rings (SSSR count). The van der Waals surface area contributed by atoms with Crippen molar-refractivity contribution in [1.29, 1.82) is 0 Å². The van der Waals surface area contributed by atoms with Crippen molar-refractivity contribution in [2.75, 3.05) is 129 Å². The Balaban J connectivity index is 1.35. The van der Waals surface area contributed by atoms with E-state index in [0.717, 1.165) is 89.4 Å². The van der Waals surface area contributed by atoms with Gasteiger partial charge in [0.1, 0.15) is 26.2 Å². The Morgan fingerprint density at radius 3 is 0.985 bits per heavy atom. The van der Waals surface area contributed by atoms with Crippen LogP contribution in [0.3, 0.4) is 0 Å². The van der Waals surface area contributed by atoms with Crippen molar-refractivity contribution in [3.63, 3.8) is 0 Å². The summed E-state index contributed by atoms with van der Waals surface area (Å²) in [5.74, 6) is 3.51. The van der Waals surface area contributed by atoms with Crippen molar-refractivity contribution >= 4 is 35.4 Å². The van der Waals surface area contributed by atoms with Gasteiger partial charge in [-0.15, -0.1) is 0 Å². The molecule has 5 aliphatic rings. The Kier molecular flexibility index (Phi) is 20.4. The lowest BCUT2D eigenvalue weighted by molar-refractivity contribution is -1.02. The smallest absolute Gasteiger partial charge is 0.325 e. The lowest BCUT2D eigenvalue weighted by Crippen LogP contribution is -2.65. The van der Waals surface area contributed by atoms with Gasteiger partial charge >= 0.3 is 15.2 Å². The normalized spacial score (nSPS) is 36.6. The quantitative estimate of drug-likeness (QED) is 0.0449. The number of likely N-dealkylation sites (tertiary alicyclic amines) is 2. The van der Waals surface area contributed by atoms with E-state index >= 15 is 0 Å². The maximum atomic E-state index is 11.9. The van der Waals surface area contributed by atoms with Gasteiger partial charge in [-0.1, -0.05) is 40.5 Å². The molecule has 10 atom stereocenters. The molecule has 5 fully saturated rings. The number of quaternary nitrogens is 4. The van der Waals surface area contributed by atoms with Crippen LogP contribution >= 0.6 is 15.2 Å². The predicted molar refractivity (Wildman–Crippen MR) is 257 cm³/mol. The standard InChI is InChI=1S/C46H90N4O12P2S2/c1-5-13-41-33-47(19-9-27-63(51,52)53,21-11-29-65(57,58)59)35-43(41)15-17-45-37-50(25-23-49(24-26-50)31-39(7-3)40(8-4)32-49)38-46(45)18-16-44-36-48(34-42(44)14-6-2,20-10-28-64(54,55)56)22-12-30-66(60,61)62/h39-46H,5-38H2,1-4H3,(H2-4,51,52,53,54,55,56,57,58,59,60,61,62)/p+2. The molecular formula is C46H92N4O12P2S2+2. The highest BCUT2D eigenvalue weighted by molar-refractivity contribution is 7.85. The minimum Gasteiger partial charge on any atom is -0.748 e. The van der Waals surface area contributed by atoms with Gasteiger partial charge in [0, 0.05) is 84.5 Å². The maximum Gasteiger partial charge on any atom is 0.325 e. The largest absolute Gasteiger partial charge is 0.748 e. The first kappa shape index (κ1) is 56.9. The molecule has 16 nitrogen and oxygen atoms in total. The molecule has 4 N–H and O–H groups in total. The zero-order chi connectivity index (χ0) is 48.7. The Hall–Kier alpha value is -0.0400. The number of hydrogen-bond acceptors (Lipinski definition) is 8. The van der Waals surface area contributed by atoms with Gasteiger partial charge in [0.05, 0.1) is 111 Å². The Morgan fingerprint density at radius 2 is 0.712 bits per heavy atom. The number of nitrogens with zero attached hydrogens (tertiary/aromatic N) is 4. The molecule has 20 heteroatoms. The van der Waals surface area contributed by atoms with Crippen LogP contribution in [-0.2, 0) is 29.4 Å². The van der Waals surface area contributed by atoms with Gasteiger partial charge in [-0.2, -0.15) is 0 Å². The summed E-state index contributed by atoms with van der Waals surface area (Å²) in [5, 5.41) is 0. The van der Waals surface area contributed by atoms with Gasteiger partial charge in [0.2, 0.25) is 0 Å². The fourth-order valence-electron chi connectivity index (χ4n) is 15.1. The molecule has 0 aromatic rings. The molecule has 0 aromatic carbocycles. The molecule has 5 heterocycles. The summed E-state index contributed by atoms with van der Waals surface area (Å²) < 4.78 is 97.5. The van der Waals surface area contributed by atoms with Crippen molar-refractivity contribution in [2.45, 2.75) is 118 Å². The van der Waals surface area contributed by atoms with E-state index in [4.69, 9.17) is 0 Å². The van der Waals surface area contributed by atoms with Crippen LogP contribution in [0.4, 0.5) is 0 Å². The van der Waals surface area contributed by atoms with Gasteiger partial charge in [-0.05, 0) is 51.4 Å². The zero-order valence-corrected chi connectivity index (χ0v) is 44.6. The van der Waals surface area contributed by atoms with Crippen molar-refractivity contribution in [1.82, 2.24) is 0 Å². The second kappa shape index (κ2) is 23.7. The van der Waals surface area contributed by atoms with Crippen molar-refractivity contribution in [2.24, 2.45) is 47.3 Å². The summed E-state index contributed by atoms with van der Waals surface area (Å²) in [6, 6.07) is 0. The number of hydrogen-bond donors (Lipinski definition) is 4. The van der Waals surface area contributed by atoms with E-state index in [0.29, 0.717) is 83.5 Å². The summed E-state index contributed by atoms with van der Waals surface area (Å²) in [7, 11) is -17.1. The zero-order valence-electron chi connectivity index (χ0n) is 41.2. The first-order chi connectivity index (χ1) is 30.8. The van der Waals surface area contributed by atoms with Crippen LogP contribution in [0.5, 0.6) is 0 Å². The van der Waals surface area contributed by atoms with Gasteiger partial charge in [0.15, 0.2) is 0 Å². The lowest BCUT2D eigenvalue weighted by Gasteiger charge is -2.47. The Morgan fingerprint density at radius 1 is 0.439 bits per heavy atom. The summed E-state index contributed by atoms with van der Waals surface area (Å²) >= 11 is 0. The monoisotopic (exact) mass is 1020 g/mol. The second-order valence-electron chi connectivity index (χ2n) is 23.0. The highest BCUT2D eigenvalue weighted by Crippen LogP contribution is 2.46. The molecule has 0 bridgehead atoms. The fraction of sp³-hybridized carbons (Fsp3) is 1.00. The highest BCUT2D eigenvalue weighted by Gasteiger charge is 2.55. The molecule has 5 saturated heterocycles. The van der Waals surface area contributed by atoms with Gasteiger partial charge < -0.3 is 46.6 Å². The van der Waals surface area contributed by atoms with Crippen LogP contribution in [0.1, 0.15) is 118 Å². The number of piperazine rings is 1. The minimum absolute atomic E-state index is 0.201. The average molecular weight is 1020 g/mol. The highest BCUT2D eigenvalue weighted by atomic mass is 32.2. The molecule has 0 aromatic heterocycles.